The third-order valence-electron chi connectivity index (χ3n) is 5.81. The Morgan fingerprint density at radius 3 is 2.04 bits per heavy atom. The summed E-state index contributed by atoms with van der Waals surface area (Å²) < 4.78 is 23.2. The van der Waals surface area contributed by atoms with Gasteiger partial charge in [0.1, 0.15) is 0 Å². The number of rotatable bonds is 11. The molecule has 1 aromatic heterocycles. The summed E-state index contributed by atoms with van der Waals surface area (Å²) in [5.74, 6) is 2.63. The van der Waals surface area contributed by atoms with Crippen molar-refractivity contribution in [3.05, 3.63) is 30.3 Å². The van der Waals surface area contributed by atoms with Crippen molar-refractivity contribution in [3.63, 3.8) is 0 Å². The summed E-state index contributed by atoms with van der Waals surface area (Å²) in [4.78, 5) is 0. The minimum absolute atomic E-state index is 0.312. The second-order valence-corrected chi connectivity index (χ2v) is 20.8. The monoisotopic (exact) mass is 478 g/mol. The van der Waals surface area contributed by atoms with Crippen LogP contribution >= 0.6 is 0 Å². The van der Waals surface area contributed by atoms with E-state index in [1.54, 1.807) is 0 Å². The molecule has 0 saturated heterocycles. The molecule has 1 aliphatic heterocycles. The van der Waals surface area contributed by atoms with Crippen LogP contribution in [-0.2, 0) is 0 Å². The molecule has 0 unspecified atom stereocenters. The zero-order chi connectivity index (χ0) is 19.1. The van der Waals surface area contributed by atoms with Crippen LogP contribution in [0.4, 0.5) is 0 Å². The molecule has 2 heterocycles. The third kappa shape index (κ3) is 4.85. The van der Waals surface area contributed by atoms with Crippen LogP contribution in [-0.4, -0.2) is 25.2 Å². The van der Waals surface area contributed by atoms with E-state index in [9.17, 15) is 0 Å². The first-order valence-electron chi connectivity index (χ1n) is 10.7. The van der Waals surface area contributed by atoms with Crippen LogP contribution < -0.4 is 13.2 Å². The van der Waals surface area contributed by atoms with Crippen LogP contribution in [0.3, 0.4) is 0 Å². The van der Waals surface area contributed by atoms with Gasteiger partial charge in [0.2, 0.25) is 0 Å². The van der Waals surface area contributed by atoms with Gasteiger partial charge < -0.3 is 0 Å². The maximum absolute atomic E-state index is 6.58. The van der Waals surface area contributed by atoms with Crippen molar-refractivity contribution in [2.24, 2.45) is 0 Å². The molecular weight excluding hydrogens is 443 g/mol. The fraction of sp³-hybridized carbons (Fsp3) is 0.565. The van der Waals surface area contributed by atoms with Gasteiger partial charge in [0.15, 0.2) is 0 Å². The maximum atomic E-state index is 6.58. The van der Waals surface area contributed by atoms with E-state index in [4.69, 9.17) is 13.9 Å². The van der Waals surface area contributed by atoms with E-state index < -0.39 is 18.4 Å². The van der Waals surface area contributed by atoms with E-state index in [-0.39, 0.29) is 0 Å². The summed E-state index contributed by atoms with van der Waals surface area (Å²) in [6, 6.07) is 10.6. The average Bonchev–Trinajstić information content (AvgIpc) is 3.37. The van der Waals surface area contributed by atoms with E-state index in [0.29, 0.717) is 6.79 Å². The number of fused-ring (bicyclic) bond motifs is 1. The molecule has 2 aromatic rings. The summed E-state index contributed by atoms with van der Waals surface area (Å²) in [5.41, 5.74) is 1.09. The number of hydrogen-bond donors (Lipinski definition) is 0. The molecule has 0 atom stereocenters. The first kappa shape index (κ1) is 20.6. The Kier molecular flexibility index (Phi) is 7.56. The topological polar surface area (TPSA) is 31.6 Å². The Balaban J connectivity index is 1.89. The molecule has 27 heavy (non-hydrogen) atoms. The Bertz CT molecular complexity index is 700. The predicted molar refractivity (Wildman–Crippen MR) is 115 cm³/mol. The second-order valence-electron chi connectivity index (χ2n) is 7.82. The van der Waals surface area contributed by atoms with Gasteiger partial charge in [-0.25, -0.2) is 0 Å². The predicted octanol–water partition coefficient (Wildman–Crippen LogP) is 6.73. The minimum atomic E-state index is -2.49. The molecule has 3 rings (SSSR count). The van der Waals surface area contributed by atoms with Crippen molar-refractivity contribution in [2.45, 2.75) is 72.6 Å². The SMILES string of the molecule is CCC[CH2][Sn]([CH2]CCC)([CH2]CCC)[c]1ccc(-c2ccc3c(c2)OCO3)o1. The quantitative estimate of drug-likeness (QED) is 0.337. The van der Waals surface area contributed by atoms with E-state index in [2.05, 4.69) is 39.0 Å². The van der Waals surface area contributed by atoms with Crippen molar-refractivity contribution in [3.8, 4) is 22.8 Å². The molecule has 0 radical (unpaired) electrons. The number of ether oxygens (including phenoxy) is 2. The fourth-order valence-electron chi connectivity index (χ4n) is 4.12. The molecule has 1 aromatic carbocycles. The fourth-order valence-corrected chi connectivity index (χ4v) is 19.4. The van der Waals surface area contributed by atoms with Crippen molar-refractivity contribution >= 4 is 22.2 Å². The number of benzene rings is 1. The van der Waals surface area contributed by atoms with E-state index in [1.165, 1.54) is 55.6 Å². The first-order chi connectivity index (χ1) is 13.2. The van der Waals surface area contributed by atoms with Gasteiger partial charge in [-0.3, -0.25) is 0 Å². The average molecular weight is 477 g/mol. The van der Waals surface area contributed by atoms with Gasteiger partial charge in [-0.15, -0.1) is 0 Å². The summed E-state index contributed by atoms with van der Waals surface area (Å²) >= 11 is -2.49. The van der Waals surface area contributed by atoms with Crippen LogP contribution in [0.1, 0.15) is 59.3 Å². The van der Waals surface area contributed by atoms with Gasteiger partial charge in [-0.1, -0.05) is 0 Å². The van der Waals surface area contributed by atoms with Crippen LogP contribution in [0.15, 0.2) is 34.7 Å². The number of hydrogen-bond acceptors (Lipinski definition) is 3. The van der Waals surface area contributed by atoms with Gasteiger partial charge in [-0.2, -0.15) is 0 Å². The zero-order valence-electron chi connectivity index (χ0n) is 17.2. The van der Waals surface area contributed by atoms with Crippen LogP contribution in [0.5, 0.6) is 11.5 Å². The summed E-state index contributed by atoms with van der Waals surface area (Å²) in [7, 11) is 0. The molecule has 0 saturated carbocycles. The second kappa shape index (κ2) is 9.90. The van der Waals surface area contributed by atoms with Crippen LogP contribution in [0.25, 0.3) is 11.3 Å². The van der Waals surface area contributed by atoms with Crippen molar-refractivity contribution in [1.29, 1.82) is 0 Å². The van der Waals surface area contributed by atoms with Gasteiger partial charge >= 0.3 is 169 Å². The van der Waals surface area contributed by atoms with Crippen LogP contribution in [0, 0.1) is 0 Å². The Morgan fingerprint density at radius 1 is 0.778 bits per heavy atom. The van der Waals surface area contributed by atoms with Crippen molar-refractivity contribution in [2.75, 3.05) is 6.79 Å². The molecule has 0 aliphatic carbocycles. The van der Waals surface area contributed by atoms with E-state index >= 15 is 0 Å². The molecule has 4 heteroatoms. The van der Waals surface area contributed by atoms with E-state index in [1.807, 2.05) is 12.1 Å². The molecule has 1 aliphatic rings. The molecule has 0 amide bonds. The Hall–Kier alpha value is -1.10. The van der Waals surface area contributed by atoms with Gasteiger partial charge in [0.05, 0.1) is 0 Å². The number of unbranched alkanes of at least 4 members (excludes halogenated alkanes) is 3. The third-order valence-corrected chi connectivity index (χ3v) is 20.8. The van der Waals surface area contributed by atoms with Gasteiger partial charge in [-0.05, 0) is 0 Å². The summed E-state index contributed by atoms with van der Waals surface area (Å²) in [6.45, 7) is 7.26. The van der Waals surface area contributed by atoms with Crippen LogP contribution in [0.2, 0.25) is 13.3 Å². The molecule has 0 spiro atoms. The zero-order valence-corrected chi connectivity index (χ0v) is 20.0. The molecule has 148 valence electrons. The Labute approximate surface area is 168 Å². The van der Waals surface area contributed by atoms with Crippen molar-refractivity contribution in [1.82, 2.24) is 0 Å². The van der Waals surface area contributed by atoms with Gasteiger partial charge in [0.25, 0.3) is 0 Å². The molecular formula is C23H34O3Sn. The molecule has 0 fully saturated rings. The molecule has 0 bridgehead atoms. The standard InChI is InChI=1S/C11H7O3.3C4H9.Sn/c1-2-9(12-5-1)8-3-4-10-11(6-8)14-7-13-10;3*1-3-4-2;/h1-4,6H,7H2;3*1,3-4H2,2H3;. The van der Waals surface area contributed by atoms with E-state index in [0.717, 1.165) is 22.8 Å². The number of furan rings is 1. The summed E-state index contributed by atoms with van der Waals surface area (Å²) in [5, 5.41) is 0. The molecule has 0 N–H and O–H groups in total. The summed E-state index contributed by atoms with van der Waals surface area (Å²) in [6.07, 6.45) is 7.91. The first-order valence-corrected chi connectivity index (χ1v) is 18.2. The van der Waals surface area contributed by atoms with Gasteiger partial charge in [0, 0.05) is 0 Å². The normalized spacial score (nSPS) is 13.3. The Morgan fingerprint density at radius 2 is 1.41 bits per heavy atom. The molecule has 3 nitrogen and oxygen atoms in total. The van der Waals surface area contributed by atoms with Crippen molar-refractivity contribution < 1.29 is 13.9 Å².